The van der Waals surface area contributed by atoms with Gasteiger partial charge < -0.3 is 9.73 Å². The van der Waals surface area contributed by atoms with Crippen LogP contribution in [0.1, 0.15) is 44.0 Å². The number of carbonyl (C=O) groups excluding carboxylic acids is 1. The van der Waals surface area contributed by atoms with E-state index in [0.29, 0.717) is 0 Å². The summed E-state index contributed by atoms with van der Waals surface area (Å²) < 4.78 is 27.7. The second-order valence-corrected chi connectivity index (χ2v) is 7.17. The van der Waals surface area contributed by atoms with Gasteiger partial charge in [0, 0.05) is 12.1 Å². The van der Waals surface area contributed by atoms with Crippen molar-refractivity contribution in [3.8, 4) is 0 Å². The Labute approximate surface area is 113 Å². The summed E-state index contributed by atoms with van der Waals surface area (Å²) in [6.45, 7) is 9.28. The first-order valence-electron chi connectivity index (χ1n) is 5.87. The van der Waals surface area contributed by atoms with Gasteiger partial charge in [-0.3, -0.25) is 4.79 Å². The molecule has 1 amide bonds. The van der Waals surface area contributed by atoms with Crippen molar-refractivity contribution in [1.82, 2.24) is 5.32 Å². The van der Waals surface area contributed by atoms with E-state index in [1.165, 1.54) is 6.92 Å². The zero-order chi connectivity index (χ0) is 15.0. The first-order chi connectivity index (χ1) is 8.43. The predicted octanol–water partition coefficient (Wildman–Crippen LogP) is 1.40. The molecule has 6 nitrogen and oxygen atoms in total. The lowest BCUT2D eigenvalue weighted by Gasteiger charge is -2.27. The number of hydrogen-bond donors (Lipinski definition) is 2. The van der Waals surface area contributed by atoms with Gasteiger partial charge in [0.2, 0.25) is 10.0 Å². The topological polar surface area (TPSA) is 102 Å². The van der Waals surface area contributed by atoms with Crippen molar-refractivity contribution in [1.29, 1.82) is 0 Å². The van der Waals surface area contributed by atoms with Crippen molar-refractivity contribution in [2.24, 2.45) is 10.6 Å². The lowest BCUT2D eigenvalue weighted by molar-refractivity contribution is 0.0880. The number of furan rings is 1. The number of aryl methyl sites for hydroxylation is 1. The van der Waals surface area contributed by atoms with Crippen LogP contribution in [0.4, 0.5) is 0 Å². The highest BCUT2D eigenvalue weighted by molar-refractivity contribution is 7.89. The summed E-state index contributed by atoms with van der Waals surface area (Å²) in [6.07, 6.45) is 0. The number of primary sulfonamides is 1. The number of rotatable bonds is 3. The molecule has 0 radical (unpaired) electrons. The molecule has 1 heterocycles. The third kappa shape index (κ3) is 3.81. The molecule has 1 aromatic heterocycles. The third-order valence-corrected chi connectivity index (χ3v) is 4.07. The van der Waals surface area contributed by atoms with Gasteiger partial charge in [-0.05, 0) is 19.3 Å². The molecule has 0 aromatic carbocycles. The van der Waals surface area contributed by atoms with Gasteiger partial charge >= 0.3 is 0 Å². The Morgan fingerprint density at radius 1 is 1.42 bits per heavy atom. The van der Waals surface area contributed by atoms with Crippen molar-refractivity contribution in [2.45, 2.75) is 45.6 Å². The number of carbonyl (C=O) groups is 1. The standard InChI is InChI=1S/C12H20N2O4S/c1-7-10(19(13,16)17)6-9(18-7)11(15)14-8(2)12(3,4)5/h6,8H,1-5H3,(H,14,15)(H2,13,16,17)/t8-/m1/s1. The maximum Gasteiger partial charge on any atom is 0.287 e. The second kappa shape index (κ2) is 4.97. The van der Waals surface area contributed by atoms with Crippen LogP contribution in [0.5, 0.6) is 0 Å². The molecular formula is C12H20N2O4S. The minimum Gasteiger partial charge on any atom is -0.455 e. The van der Waals surface area contributed by atoms with Crippen LogP contribution >= 0.6 is 0 Å². The quantitative estimate of drug-likeness (QED) is 0.877. The molecule has 0 saturated heterocycles. The molecule has 108 valence electrons. The highest BCUT2D eigenvalue weighted by Crippen LogP contribution is 2.21. The maximum atomic E-state index is 12.0. The fraction of sp³-hybridized carbons (Fsp3) is 0.583. The Bertz CT molecular complexity index is 581. The smallest absolute Gasteiger partial charge is 0.287 e. The van der Waals surface area contributed by atoms with E-state index in [9.17, 15) is 13.2 Å². The largest absolute Gasteiger partial charge is 0.455 e. The zero-order valence-electron chi connectivity index (χ0n) is 11.8. The Balaban J connectivity index is 2.97. The first-order valence-corrected chi connectivity index (χ1v) is 7.41. The summed E-state index contributed by atoms with van der Waals surface area (Å²) in [5.74, 6) is -0.408. The van der Waals surface area contributed by atoms with Crippen LogP contribution in [0.25, 0.3) is 0 Å². The molecule has 0 fully saturated rings. The summed E-state index contributed by atoms with van der Waals surface area (Å²) >= 11 is 0. The van der Waals surface area contributed by atoms with Crippen molar-refractivity contribution in [3.63, 3.8) is 0 Å². The molecule has 0 spiro atoms. The molecule has 0 unspecified atom stereocenters. The summed E-state index contributed by atoms with van der Waals surface area (Å²) in [5.41, 5.74) is -0.111. The minimum absolute atomic E-state index is 0.0578. The van der Waals surface area contributed by atoms with Crippen molar-refractivity contribution < 1.29 is 17.6 Å². The van der Waals surface area contributed by atoms with Crippen molar-refractivity contribution in [3.05, 3.63) is 17.6 Å². The van der Waals surface area contributed by atoms with E-state index in [1.807, 2.05) is 27.7 Å². The van der Waals surface area contributed by atoms with E-state index < -0.39 is 15.9 Å². The molecule has 1 atom stereocenters. The van der Waals surface area contributed by atoms with Crippen LogP contribution in [-0.4, -0.2) is 20.4 Å². The molecule has 3 N–H and O–H groups in total. The highest BCUT2D eigenvalue weighted by Gasteiger charge is 2.25. The number of hydrogen-bond acceptors (Lipinski definition) is 4. The Hall–Kier alpha value is -1.34. The molecule has 0 saturated carbocycles. The molecule has 19 heavy (non-hydrogen) atoms. The van der Waals surface area contributed by atoms with E-state index in [-0.39, 0.29) is 27.9 Å². The molecule has 0 bridgehead atoms. The summed E-state index contributed by atoms with van der Waals surface area (Å²) in [6, 6.07) is 1.05. The summed E-state index contributed by atoms with van der Waals surface area (Å²) in [4.78, 5) is 11.8. The van der Waals surface area contributed by atoms with Gasteiger partial charge in [0.15, 0.2) is 5.76 Å². The van der Waals surface area contributed by atoms with Crippen molar-refractivity contribution in [2.75, 3.05) is 0 Å². The molecule has 1 rings (SSSR count). The average Bonchev–Trinajstić information content (AvgIpc) is 2.58. The molecule has 0 aliphatic heterocycles. The lowest BCUT2D eigenvalue weighted by atomic mass is 9.88. The van der Waals surface area contributed by atoms with Gasteiger partial charge in [0.05, 0.1) is 0 Å². The monoisotopic (exact) mass is 288 g/mol. The fourth-order valence-corrected chi connectivity index (χ4v) is 2.06. The third-order valence-electron chi connectivity index (χ3n) is 3.05. The van der Waals surface area contributed by atoms with E-state index in [0.717, 1.165) is 6.07 Å². The summed E-state index contributed by atoms with van der Waals surface area (Å²) in [5, 5.41) is 7.78. The van der Waals surface area contributed by atoms with Gasteiger partial charge in [-0.1, -0.05) is 20.8 Å². The Morgan fingerprint density at radius 3 is 2.32 bits per heavy atom. The molecule has 7 heteroatoms. The van der Waals surface area contributed by atoms with E-state index in [4.69, 9.17) is 9.56 Å². The van der Waals surface area contributed by atoms with Crippen LogP contribution in [0.15, 0.2) is 15.4 Å². The highest BCUT2D eigenvalue weighted by atomic mass is 32.2. The van der Waals surface area contributed by atoms with Gasteiger partial charge in [-0.2, -0.15) is 0 Å². The predicted molar refractivity (Wildman–Crippen MR) is 71.2 cm³/mol. The van der Waals surface area contributed by atoms with Crippen LogP contribution in [0, 0.1) is 12.3 Å². The molecule has 1 aromatic rings. The molecular weight excluding hydrogens is 268 g/mol. The van der Waals surface area contributed by atoms with Gasteiger partial charge in [-0.25, -0.2) is 13.6 Å². The van der Waals surface area contributed by atoms with E-state index in [1.54, 1.807) is 0 Å². The van der Waals surface area contributed by atoms with Gasteiger partial charge in [-0.15, -0.1) is 0 Å². The number of nitrogens with one attached hydrogen (secondary N) is 1. The average molecular weight is 288 g/mol. The Kier molecular flexibility index (Phi) is 4.11. The van der Waals surface area contributed by atoms with Crippen LogP contribution in [-0.2, 0) is 10.0 Å². The second-order valence-electron chi connectivity index (χ2n) is 5.64. The number of sulfonamides is 1. The van der Waals surface area contributed by atoms with Gasteiger partial charge in [0.25, 0.3) is 5.91 Å². The number of nitrogens with two attached hydrogens (primary N) is 1. The molecule has 0 aliphatic carbocycles. The lowest BCUT2D eigenvalue weighted by Crippen LogP contribution is -2.41. The van der Waals surface area contributed by atoms with Crippen LogP contribution in [0.2, 0.25) is 0 Å². The fourth-order valence-electron chi connectivity index (χ4n) is 1.34. The Morgan fingerprint density at radius 2 is 1.95 bits per heavy atom. The van der Waals surface area contributed by atoms with Crippen molar-refractivity contribution >= 4 is 15.9 Å². The number of amides is 1. The minimum atomic E-state index is -3.88. The molecule has 0 aliphatic rings. The normalized spacial score (nSPS) is 14.2. The van der Waals surface area contributed by atoms with Crippen LogP contribution in [0.3, 0.4) is 0 Å². The van der Waals surface area contributed by atoms with E-state index >= 15 is 0 Å². The zero-order valence-corrected chi connectivity index (χ0v) is 12.6. The summed E-state index contributed by atoms with van der Waals surface area (Å²) in [7, 11) is -3.88. The van der Waals surface area contributed by atoms with E-state index in [2.05, 4.69) is 5.32 Å². The first kappa shape index (κ1) is 15.7. The SMILES string of the molecule is Cc1oc(C(=O)N[C@H](C)C(C)(C)C)cc1S(N)(=O)=O. The maximum absolute atomic E-state index is 12.0. The van der Waals surface area contributed by atoms with Crippen LogP contribution < -0.4 is 10.5 Å². The van der Waals surface area contributed by atoms with Gasteiger partial charge in [0.1, 0.15) is 10.7 Å².